The molecule has 3 rings (SSSR count). The Morgan fingerprint density at radius 3 is 2.71 bits per heavy atom. The lowest BCUT2D eigenvalue weighted by Gasteiger charge is -2.21. The zero-order valence-electron chi connectivity index (χ0n) is 13.1. The molecule has 126 valence electrons. The Morgan fingerprint density at radius 1 is 1.04 bits per heavy atom. The van der Waals surface area contributed by atoms with Gasteiger partial charge in [-0.2, -0.15) is 0 Å². The molecule has 1 N–H and O–H groups in total. The van der Waals surface area contributed by atoms with Crippen molar-refractivity contribution in [1.29, 1.82) is 0 Å². The molecular formula is C18H18Cl2N2O2. The number of nitrogens with one attached hydrogen (secondary N) is 1. The average molecular weight is 365 g/mol. The van der Waals surface area contributed by atoms with E-state index in [1.54, 1.807) is 30.3 Å². The Bertz CT molecular complexity index is 729. The number of carbonyl (C=O) groups is 1. The standard InChI is InChI=1S/C18H18Cl2N2O2/c19-13-6-7-17(15(20)12-13)24-16-5-2-1-4-14(16)18(23)22-10-3-8-21-9-11-22/h1-2,4-7,12,21H,3,8-11H2. The van der Waals surface area contributed by atoms with Gasteiger partial charge in [-0.3, -0.25) is 4.79 Å². The molecule has 0 aromatic heterocycles. The zero-order valence-corrected chi connectivity index (χ0v) is 14.6. The number of hydrogen-bond donors (Lipinski definition) is 1. The number of benzene rings is 2. The highest BCUT2D eigenvalue weighted by atomic mass is 35.5. The Labute approximate surface area is 151 Å². The van der Waals surface area contributed by atoms with Gasteiger partial charge in [0.25, 0.3) is 5.91 Å². The molecule has 0 unspecified atom stereocenters. The SMILES string of the molecule is O=C(c1ccccc1Oc1ccc(Cl)cc1Cl)N1CCCNCC1. The molecule has 1 saturated heterocycles. The number of halogens is 2. The van der Waals surface area contributed by atoms with Crippen LogP contribution in [0.1, 0.15) is 16.8 Å². The van der Waals surface area contributed by atoms with Gasteiger partial charge in [-0.05, 0) is 43.3 Å². The number of para-hydroxylation sites is 1. The summed E-state index contributed by atoms with van der Waals surface area (Å²) < 4.78 is 5.88. The van der Waals surface area contributed by atoms with E-state index in [1.165, 1.54) is 0 Å². The summed E-state index contributed by atoms with van der Waals surface area (Å²) in [5, 5.41) is 4.24. The first-order valence-electron chi connectivity index (χ1n) is 7.87. The van der Waals surface area contributed by atoms with Crippen molar-refractivity contribution in [2.75, 3.05) is 26.2 Å². The summed E-state index contributed by atoms with van der Waals surface area (Å²) in [6.45, 7) is 3.16. The predicted molar refractivity (Wildman–Crippen MR) is 96.4 cm³/mol. The highest BCUT2D eigenvalue weighted by Gasteiger charge is 2.21. The van der Waals surface area contributed by atoms with Crippen molar-refractivity contribution in [2.24, 2.45) is 0 Å². The van der Waals surface area contributed by atoms with E-state index in [0.717, 1.165) is 26.1 Å². The molecule has 6 heteroatoms. The maximum atomic E-state index is 12.9. The zero-order chi connectivity index (χ0) is 16.9. The van der Waals surface area contributed by atoms with Gasteiger partial charge in [-0.1, -0.05) is 35.3 Å². The van der Waals surface area contributed by atoms with Gasteiger partial charge >= 0.3 is 0 Å². The normalized spacial score (nSPS) is 15.0. The third-order valence-electron chi connectivity index (χ3n) is 3.86. The maximum Gasteiger partial charge on any atom is 0.257 e. The van der Waals surface area contributed by atoms with E-state index in [4.69, 9.17) is 27.9 Å². The molecule has 0 atom stereocenters. The van der Waals surface area contributed by atoms with Crippen LogP contribution < -0.4 is 10.1 Å². The molecule has 0 bridgehead atoms. The second-order valence-corrected chi connectivity index (χ2v) is 6.41. The summed E-state index contributed by atoms with van der Waals surface area (Å²) in [6, 6.07) is 12.2. The minimum Gasteiger partial charge on any atom is -0.455 e. The van der Waals surface area contributed by atoms with Crippen LogP contribution in [-0.2, 0) is 0 Å². The lowest BCUT2D eigenvalue weighted by molar-refractivity contribution is 0.0764. The number of ether oxygens (including phenoxy) is 1. The quantitative estimate of drug-likeness (QED) is 0.886. The van der Waals surface area contributed by atoms with Crippen LogP contribution >= 0.6 is 23.2 Å². The van der Waals surface area contributed by atoms with Crippen molar-refractivity contribution >= 4 is 29.1 Å². The van der Waals surface area contributed by atoms with Crippen molar-refractivity contribution in [2.45, 2.75) is 6.42 Å². The molecule has 2 aromatic carbocycles. The second kappa shape index (κ2) is 7.88. The molecule has 0 aliphatic carbocycles. The number of carbonyl (C=O) groups excluding carboxylic acids is 1. The monoisotopic (exact) mass is 364 g/mol. The van der Waals surface area contributed by atoms with E-state index in [-0.39, 0.29) is 5.91 Å². The van der Waals surface area contributed by atoms with E-state index in [1.807, 2.05) is 17.0 Å². The molecular weight excluding hydrogens is 347 g/mol. The summed E-state index contributed by atoms with van der Waals surface area (Å²) in [5.74, 6) is 0.933. The molecule has 0 spiro atoms. The van der Waals surface area contributed by atoms with Gasteiger partial charge in [0.15, 0.2) is 0 Å². The van der Waals surface area contributed by atoms with Gasteiger partial charge in [0.2, 0.25) is 0 Å². The van der Waals surface area contributed by atoms with Gasteiger partial charge < -0.3 is 15.0 Å². The van der Waals surface area contributed by atoms with Crippen LogP contribution in [0, 0.1) is 0 Å². The van der Waals surface area contributed by atoms with Crippen LogP contribution in [0.3, 0.4) is 0 Å². The average Bonchev–Trinajstić information content (AvgIpc) is 2.86. The highest BCUT2D eigenvalue weighted by molar-refractivity contribution is 6.35. The lowest BCUT2D eigenvalue weighted by Crippen LogP contribution is -2.34. The molecule has 0 saturated carbocycles. The Morgan fingerprint density at radius 2 is 1.88 bits per heavy atom. The molecule has 1 heterocycles. The molecule has 0 radical (unpaired) electrons. The van der Waals surface area contributed by atoms with Crippen LogP contribution in [0.4, 0.5) is 0 Å². The Balaban J connectivity index is 1.85. The van der Waals surface area contributed by atoms with Gasteiger partial charge in [0.1, 0.15) is 11.5 Å². The summed E-state index contributed by atoms with van der Waals surface area (Å²) in [5.41, 5.74) is 0.533. The summed E-state index contributed by atoms with van der Waals surface area (Å²) in [7, 11) is 0. The topological polar surface area (TPSA) is 41.6 Å². The largest absolute Gasteiger partial charge is 0.455 e. The Hall–Kier alpha value is -1.75. The predicted octanol–water partition coefficient (Wildman–Crippen LogP) is 4.22. The molecule has 1 aliphatic heterocycles. The maximum absolute atomic E-state index is 12.9. The number of hydrogen-bond acceptors (Lipinski definition) is 3. The van der Waals surface area contributed by atoms with Crippen LogP contribution in [0.15, 0.2) is 42.5 Å². The molecule has 1 amide bonds. The lowest BCUT2D eigenvalue weighted by atomic mass is 10.1. The summed E-state index contributed by atoms with van der Waals surface area (Å²) >= 11 is 12.1. The van der Waals surface area contributed by atoms with E-state index in [0.29, 0.717) is 33.7 Å². The molecule has 1 aliphatic rings. The van der Waals surface area contributed by atoms with Gasteiger partial charge in [-0.15, -0.1) is 0 Å². The first-order valence-corrected chi connectivity index (χ1v) is 8.62. The van der Waals surface area contributed by atoms with E-state index < -0.39 is 0 Å². The van der Waals surface area contributed by atoms with Crippen LogP contribution in [-0.4, -0.2) is 37.0 Å². The van der Waals surface area contributed by atoms with E-state index in [9.17, 15) is 4.79 Å². The van der Waals surface area contributed by atoms with Gasteiger partial charge in [-0.25, -0.2) is 0 Å². The van der Waals surface area contributed by atoms with Crippen molar-refractivity contribution in [3.63, 3.8) is 0 Å². The van der Waals surface area contributed by atoms with E-state index in [2.05, 4.69) is 5.32 Å². The van der Waals surface area contributed by atoms with Crippen molar-refractivity contribution in [3.05, 3.63) is 58.1 Å². The first-order chi connectivity index (χ1) is 11.6. The van der Waals surface area contributed by atoms with Crippen molar-refractivity contribution in [3.8, 4) is 11.5 Å². The summed E-state index contributed by atoms with van der Waals surface area (Å²) in [4.78, 5) is 14.7. The van der Waals surface area contributed by atoms with Crippen molar-refractivity contribution < 1.29 is 9.53 Å². The number of rotatable bonds is 3. The molecule has 1 fully saturated rings. The van der Waals surface area contributed by atoms with Crippen LogP contribution in [0.25, 0.3) is 0 Å². The molecule has 2 aromatic rings. The fraction of sp³-hybridized carbons (Fsp3) is 0.278. The second-order valence-electron chi connectivity index (χ2n) is 5.57. The third kappa shape index (κ3) is 4.01. The first kappa shape index (κ1) is 17.1. The number of amides is 1. The fourth-order valence-corrected chi connectivity index (χ4v) is 3.08. The Kier molecular flexibility index (Phi) is 5.61. The minimum absolute atomic E-state index is 0.0283. The fourth-order valence-electron chi connectivity index (χ4n) is 2.63. The summed E-state index contributed by atoms with van der Waals surface area (Å²) in [6.07, 6.45) is 0.942. The highest BCUT2D eigenvalue weighted by Crippen LogP contribution is 2.33. The van der Waals surface area contributed by atoms with Gasteiger partial charge in [0, 0.05) is 24.7 Å². The third-order valence-corrected chi connectivity index (χ3v) is 4.39. The molecule has 4 nitrogen and oxygen atoms in total. The number of nitrogens with zero attached hydrogens (tertiary/aromatic N) is 1. The van der Waals surface area contributed by atoms with Gasteiger partial charge in [0.05, 0.1) is 10.6 Å². The minimum atomic E-state index is -0.0283. The van der Waals surface area contributed by atoms with Crippen LogP contribution in [0.5, 0.6) is 11.5 Å². The smallest absolute Gasteiger partial charge is 0.257 e. The van der Waals surface area contributed by atoms with Crippen molar-refractivity contribution in [1.82, 2.24) is 10.2 Å². The van der Waals surface area contributed by atoms with Crippen LogP contribution in [0.2, 0.25) is 10.0 Å². The molecule has 24 heavy (non-hydrogen) atoms. The van der Waals surface area contributed by atoms with E-state index >= 15 is 0 Å².